The van der Waals surface area contributed by atoms with Gasteiger partial charge in [-0.25, -0.2) is 4.98 Å². The van der Waals surface area contributed by atoms with E-state index in [0.717, 1.165) is 37.1 Å². The molecule has 0 aliphatic rings. The molecule has 2 aromatic heterocycles. The van der Waals surface area contributed by atoms with Crippen LogP contribution in [0.2, 0.25) is 0 Å². The van der Waals surface area contributed by atoms with Gasteiger partial charge in [-0.3, -0.25) is 4.68 Å². The standard InChI is InChI=1S/C13H21N5OS/c1-17(8-11-6-15-18(2)9-11)13-16-12(10-20-13)7-14-4-5-19-3/h6,9-10,14H,4-5,7-8H2,1-3H3. The van der Waals surface area contributed by atoms with Gasteiger partial charge in [-0.2, -0.15) is 5.10 Å². The van der Waals surface area contributed by atoms with E-state index in [-0.39, 0.29) is 0 Å². The van der Waals surface area contributed by atoms with Crippen molar-refractivity contribution in [2.75, 3.05) is 32.2 Å². The minimum atomic E-state index is 0.720. The van der Waals surface area contributed by atoms with E-state index in [1.807, 2.05) is 31.2 Å². The number of methoxy groups -OCH3 is 1. The van der Waals surface area contributed by atoms with Crippen LogP contribution in [-0.2, 0) is 24.9 Å². The number of nitrogens with one attached hydrogen (secondary N) is 1. The highest BCUT2D eigenvalue weighted by atomic mass is 32.1. The molecule has 0 atom stereocenters. The van der Waals surface area contributed by atoms with Gasteiger partial charge in [0.1, 0.15) is 0 Å². The SMILES string of the molecule is COCCNCc1csc(N(C)Cc2cnn(C)c2)n1. The fraction of sp³-hybridized carbons (Fsp3) is 0.538. The second-order valence-corrected chi connectivity index (χ2v) is 5.51. The van der Waals surface area contributed by atoms with Gasteiger partial charge in [-0.1, -0.05) is 0 Å². The lowest BCUT2D eigenvalue weighted by atomic mass is 10.3. The van der Waals surface area contributed by atoms with E-state index in [9.17, 15) is 0 Å². The van der Waals surface area contributed by atoms with Gasteiger partial charge in [0.15, 0.2) is 5.13 Å². The quantitative estimate of drug-likeness (QED) is 0.743. The Morgan fingerprint density at radius 3 is 3.05 bits per heavy atom. The predicted molar refractivity (Wildman–Crippen MR) is 81.0 cm³/mol. The number of aromatic nitrogens is 3. The topological polar surface area (TPSA) is 55.2 Å². The van der Waals surface area contributed by atoms with Crippen LogP contribution in [0, 0.1) is 0 Å². The molecule has 7 heteroatoms. The third kappa shape index (κ3) is 4.29. The van der Waals surface area contributed by atoms with Crippen molar-refractivity contribution in [3.05, 3.63) is 29.0 Å². The number of thiazole rings is 1. The highest BCUT2D eigenvalue weighted by Gasteiger charge is 2.08. The third-order valence-electron chi connectivity index (χ3n) is 2.83. The average molecular weight is 295 g/mol. The Kier molecular flexibility index (Phi) is 5.51. The third-order valence-corrected chi connectivity index (χ3v) is 3.84. The van der Waals surface area contributed by atoms with Crippen molar-refractivity contribution in [2.24, 2.45) is 7.05 Å². The van der Waals surface area contributed by atoms with E-state index in [2.05, 4.69) is 25.7 Å². The highest BCUT2D eigenvalue weighted by molar-refractivity contribution is 7.13. The Morgan fingerprint density at radius 2 is 2.35 bits per heavy atom. The predicted octanol–water partition coefficient (Wildman–Crippen LogP) is 1.25. The van der Waals surface area contributed by atoms with E-state index in [1.165, 1.54) is 5.56 Å². The van der Waals surface area contributed by atoms with Crippen LogP contribution in [0.1, 0.15) is 11.3 Å². The summed E-state index contributed by atoms with van der Waals surface area (Å²) < 4.78 is 6.81. The Morgan fingerprint density at radius 1 is 1.50 bits per heavy atom. The minimum Gasteiger partial charge on any atom is -0.383 e. The van der Waals surface area contributed by atoms with Crippen molar-refractivity contribution in [3.8, 4) is 0 Å². The lowest BCUT2D eigenvalue weighted by Crippen LogP contribution is -2.19. The van der Waals surface area contributed by atoms with Gasteiger partial charge in [0.25, 0.3) is 0 Å². The van der Waals surface area contributed by atoms with Gasteiger partial charge in [-0.05, 0) is 0 Å². The minimum absolute atomic E-state index is 0.720. The fourth-order valence-corrected chi connectivity index (χ4v) is 2.63. The van der Waals surface area contributed by atoms with Crippen LogP contribution in [0.4, 0.5) is 5.13 Å². The molecule has 0 aromatic carbocycles. The molecule has 0 bridgehead atoms. The molecule has 0 fully saturated rings. The van der Waals surface area contributed by atoms with Crippen LogP contribution >= 0.6 is 11.3 Å². The van der Waals surface area contributed by atoms with Crippen LogP contribution < -0.4 is 10.2 Å². The first-order valence-electron chi connectivity index (χ1n) is 6.51. The first-order valence-corrected chi connectivity index (χ1v) is 7.39. The van der Waals surface area contributed by atoms with Gasteiger partial charge in [0.05, 0.1) is 18.5 Å². The summed E-state index contributed by atoms with van der Waals surface area (Å²) in [5.74, 6) is 0. The molecule has 110 valence electrons. The number of rotatable bonds is 8. The Balaban J connectivity index is 1.84. The number of ether oxygens (including phenoxy) is 1. The highest BCUT2D eigenvalue weighted by Crippen LogP contribution is 2.20. The summed E-state index contributed by atoms with van der Waals surface area (Å²) >= 11 is 1.66. The molecule has 1 N–H and O–H groups in total. The molecule has 0 aliphatic carbocycles. The van der Waals surface area contributed by atoms with Crippen LogP contribution in [-0.4, -0.2) is 42.1 Å². The van der Waals surface area contributed by atoms with Gasteiger partial charge in [-0.15, -0.1) is 11.3 Å². The number of hydrogen-bond donors (Lipinski definition) is 1. The lowest BCUT2D eigenvalue weighted by molar-refractivity contribution is 0.199. The molecular weight excluding hydrogens is 274 g/mol. The number of anilines is 1. The smallest absolute Gasteiger partial charge is 0.185 e. The maximum Gasteiger partial charge on any atom is 0.185 e. The van der Waals surface area contributed by atoms with Gasteiger partial charge in [0.2, 0.25) is 0 Å². The van der Waals surface area contributed by atoms with Crippen molar-refractivity contribution in [1.82, 2.24) is 20.1 Å². The first kappa shape index (κ1) is 15.0. The molecule has 0 saturated heterocycles. The summed E-state index contributed by atoms with van der Waals surface area (Å²) in [6.07, 6.45) is 3.91. The maximum absolute atomic E-state index is 5.00. The summed E-state index contributed by atoms with van der Waals surface area (Å²) in [5, 5.41) is 10.6. The molecule has 2 aromatic rings. The molecule has 0 radical (unpaired) electrons. The van der Waals surface area contributed by atoms with Crippen LogP contribution in [0.25, 0.3) is 0 Å². The van der Waals surface area contributed by atoms with Crippen molar-refractivity contribution >= 4 is 16.5 Å². The molecule has 0 aliphatic heterocycles. The molecule has 0 unspecified atom stereocenters. The second-order valence-electron chi connectivity index (χ2n) is 4.67. The number of hydrogen-bond acceptors (Lipinski definition) is 6. The molecule has 2 heterocycles. The van der Waals surface area contributed by atoms with Crippen molar-refractivity contribution in [2.45, 2.75) is 13.1 Å². The monoisotopic (exact) mass is 295 g/mol. The fourth-order valence-electron chi connectivity index (χ4n) is 1.84. The Hall–Kier alpha value is -1.44. The largest absolute Gasteiger partial charge is 0.383 e. The maximum atomic E-state index is 5.00. The molecular formula is C13H21N5OS. The number of aryl methyl sites for hydroxylation is 1. The molecule has 0 saturated carbocycles. The van der Waals surface area contributed by atoms with Crippen LogP contribution in [0.15, 0.2) is 17.8 Å². The summed E-state index contributed by atoms with van der Waals surface area (Å²) in [4.78, 5) is 6.76. The van der Waals surface area contributed by atoms with Gasteiger partial charge < -0.3 is 15.0 Å². The second kappa shape index (κ2) is 7.37. The van der Waals surface area contributed by atoms with Crippen molar-refractivity contribution in [1.29, 1.82) is 0 Å². The lowest BCUT2D eigenvalue weighted by Gasteiger charge is -2.14. The zero-order valence-corrected chi connectivity index (χ0v) is 13.0. The molecule has 2 rings (SSSR count). The Bertz CT molecular complexity index is 524. The molecule has 20 heavy (non-hydrogen) atoms. The van der Waals surface area contributed by atoms with E-state index in [0.29, 0.717) is 0 Å². The van der Waals surface area contributed by atoms with E-state index in [1.54, 1.807) is 18.4 Å². The van der Waals surface area contributed by atoms with E-state index >= 15 is 0 Å². The summed E-state index contributed by atoms with van der Waals surface area (Å²) in [5.41, 5.74) is 2.25. The molecule has 0 spiro atoms. The average Bonchev–Trinajstić information content (AvgIpc) is 3.04. The summed E-state index contributed by atoms with van der Waals surface area (Å²) in [6, 6.07) is 0. The summed E-state index contributed by atoms with van der Waals surface area (Å²) in [6.45, 7) is 3.16. The Labute approximate surface area is 123 Å². The van der Waals surface area contributed by atoms with E-state index in [4.69, 9.17) is 4.74 Å². The van der Waals surface area contributed by atoms with Crippen LogP contribution in [0.3, 0.4) is 0 Å². The van der Waals surface area contributed by atoms with E-state index < -0.39 is 0 Å². The molecule has 6 nitrogen and oxygen atoms in total. The normalized spacial score (nSPS) is 10.9. The van der Waals surface area contributed by atoms with Gasteiger partial charge >= 0.3 is 0 Å². The number of nitrogens with zero attached hydrogens (tertiary/aromatic N) is 4. The zero-order chi connectivity index (χ0) is 14.4. The molecule has 0 amide bonds. The summed E-state index contributed by atoms with van der Waals surface area (Å²) in [7, 11) is 5.68. The van der Waals surface area contributed by atoms with Crippen LogP contribution in [0.5, 0.6) is 0 Å². The van der Waals surface area contributed by atoms with Gasteiger partial charge in [0, 0.05) is 58.0 Å². The van der Waals surface area contributed by atoms with Crippen molar-refractivity contribution < 1.29 is 4.74 Å². The zero-order valence-electron chi connectivity index (χ0n) is 12.2. The first-order chi connectivity index (χ1) is 9.69. The van der Waals surface area contributed by atoms with Crippen molar-refractivity contribution in [3.63, 3.8) is 0 Å².